The number of hydrogen-bond donors (Lipinski definition) is 1. The van der Waals surface area contributed by atoms with Gasteiger partial charge in [-0.25, -0.2) is 9.97 Å². The van der Waals surface area contributed by atoms with Crippen LogP contribution in [0.1, 0.15) is 63.4 Å². The fourth-order valence-corrected chi connectivity index (χ4v) is 4.08. The maximum atomic E-state index is 12.1. The Morgan fingerprint density at radius 3 is 2.48 bits per heavy atom. The van der Waals surface area contributed by atoms with E-state index >= 15 is 0 Å². The number of hydrogen-bond acceptors (Lipinski definition) is 7. The first-order valence-electron chi connectivity index (χ1n) is 10.6. The second kappa shape index (κ2) is 8.09. The number of nitrogens with zero attached hydrogens (tertiary/aromatic N) is 5. The van der Waals surface area contributed by atoms with E-state index in [1.54, 1.807) is 24.3 Å². The number of nitrogen functional groups attached to an aromatic ring is 1. The van der Waals surface area contributed by atoms with Crippen LogP contribution in [0.3, 0.4) is 0 Å². The lowest BCUT2D eigenvalue weighted by Crippen LogP contribution is -2.35. The molecule has 2 N–H and O–H groups in total. The predicted octanol–water partition coefficient (Wildman–Crippen LogP) is 3.75. The van der Waals surface area contributed by atoms with Gasteiger partial charge in [0.2, 0.25) is 17.7 Å². The summed E-state index contributed by atoms with van der Waals surface area (Å²) in [5.41, 5.74) is 8.13. The van der Waals surface area contributed by atoms with Crippen molar-refractivity contribution < 1.29 is 9.32 Å². The van der Waals surface area contributed by atoms with E-state index in [1.807, 2.05) is 12.1 Å². The first-order valence-corrected chi connectivity index (χ1v) is 10.6. The van der Waals surface area contributed by atoms with Crippen molar-refractivity contribution in [3.05, 3.63) is 53.9 Å². The first kappa shape index (κ1) is 21.0. The summed E-state index contributed by atoms with van der Waals surface area (Å²) in [5, 5.41) is 4.35. The molecule has 4 rings (SSSR count). The molecule has 2 unspecified atom stereocenters. The molecular formula is C23H28N6O2. The Hall–Kier alpha value is -3.29. The van der Waals surface area contributed by atoms with Crippen LogP contribution >= 0.6 is 0 Å². The van der Waals surface area contributed by atoms with Crippen molar-refractivity contribution in [2.24, 2.45) is 5.92 Å². The van der Waals surface area contributed by atoms with E-state index in [2.05, 4.69) is 48.0 Å². The number of anilines is 1. The van der Waals surface area contributed by atoms with Crippen molar-refractivity contribution in [2.75, 3.05) is 12.8 Å². The quantitative estimate of drug-likeness (QED) is 0.669. The van der Waals surface area contributed by atoms with Crippen LogP contribution in [-0.4, -0.2) is 38.0 Å². The van der Waals surface area contributed by atoms with Gasteiger partial charge >= 0.3 is 0 Å². The molecule has 0 aliphatic carbocycles. The molecule has 3 aromatic rings. The first-order chi connectivity index (χ1) is 14.8. The summed E-state index contributed by atoms with van der Waals surface area (Å²) in [5.74, 6) is 1.73. The van der Waals surface area contributed by atoms with Crippen LogP contribution in [0.5, 0.6) is 0 Å². The second-order valence-electron chi connectivity index (χ2n) is 8.63. The molecule has 0 bridgehead atoms. The van der Waals surface area contributed by atoms with Crippen LogP contribution in [0, 0.1) is 5.92 Å². The highest BCUT2D eigenvalue weighted by molar-refractivity contribution is 5.77. The monoisotopic (exact) mass is 420 g/mol. The van der Waals surface area contributed by atoms with Gasteiger partial charge < -0.3 is 15.2 Å². The summed E-state index contributed by atoms with van der Waals surface area (Å²) in [6, 6.07) is 8.08. The minimum Gasteiger partial charge on any atom is -0.368 e. The maximum Gasteiger partial charge on any atom is 0.249 e. The van der Waals surface area contributed by atoms with Gasteiger partial charge in [0.15, 0.2) is 5.82 Å². The van der Waals surface area contributed by atoms with Crippen molar-refractivity contribution in [3.8, 4) is 11.1 Å². The number of likely N-dealkylation sites (tertiary alicyclic amines) is 1. The number of nitrogens with two attached hydrogens (primary N) is 1. The summed E-state index contributed by atoms with van der Waals surface area (Å²) in [6.07, 6.45) is 5.67. The van der Waals surface area contributed by atoms with Gasteiger partial charge in [-0.15, -0.1) is 0 Å². The minimum absolute atomic E-state index is 0.116. The summed E-state index contributed by atoms with van der Waals surface area (Å²) < 4.78 is 5.66. The number of benzene rings is 1. The topological polar surface area (TPSA) is 111 Å². The van der Waals surface area contributed by atoms with E-state index in [1.165, 1.54) is 0 Å². The van der Waals surface area contributed by atoms with E-state index in [4.69, 9.17) is 15.2 Å². The molecular weight excluding hydrogens is 392 g/mol. The highest BCUT2D eigenvalue weighted by Gasteiger charge is 2.39. The zero-order chi connectivity index (χ0) is 22.2. The largest absolute Gasteiger partial charge is 0.368 e. The summed E-state index contributed by atoms with van der Waals surface area (Å²) in [7, 11) is 1.80. The minimum atomic E-state index is -0.449. The molecule has 8 nitrogen and oxygen atoms in total. The summed E-state index contributed by atoms with van der Waals surface area (Å²) in [4.78, 5) is 26.7. The van der Waals surface area contributed by atoms with Crippen LogP contribution in [0.2, 0.25) is 0 Å². The van der Waals surface area contributed by atoms with E-state index in [0.29, 0.717) is 18.1 Å². The molecule has 1 aliphatic heterocycles. The van der Waals surface area contributed by atoms with E-state index in [-0.39, 0.29) is 23.8 Å². The summed E-state index contributed by atoms with van der Waals surface area (Å²) >= 11 is 0. The Kier molecular flexibility index (Phi) is 5.47. The molecule has 2 aromatic heterocycles. The molecule has 0 spiro atoms. The normalized spacial score (nSPS) is 18.9. The number of aromatic nitrogens is 4. The number of rotatable bonds is 5. The lowest BCUT2D eigenvalue weighted by molar-refractivity contribution is -0.135. The molecule has 3 heterocycles. The van der Waals surface area contributed by atoms with Crippen molar-refractivity contribution in [2.45, 2.75) is 51.5 Å². The zero-order valence-corrected chi connectivity index (χ0v) is 18.4. The fourth-order valence-electron chi connectivity index (χ4n) is 4.08. The molecule has 0 radical (unpaired) electrons. The van der Waals surface area contributed by atoms with Gasteiger partial charge in [-0.3, -0.25) is 4.79 Å². The van der Waals surface area contributed by atoms with Gasteiger partial charge in [0.1, 0.15) is 6.04 Å². The molecule has 1 amide bonds. The van der Waals surface area contributed by atoms with Gasteiger partial charge in [-0.2, -0.15) is 4.98 Å². The van der Waals surface area contributed by atoms with Crippen molar-refractivity contribution in [1.29, 1.82) is 0 Å². The van der Waals surface area contributed by atoms with Gasteiger partial charge in [0.05, 0.1) is 5.41 Å². The molecule has 1 saturated heterocycles. The van der Waals surface area contributed by atoms with Gasteiger partial charge in [-0.1, -0.05) is 43.3 Å². The van der Waals surface area contributed by atoms with Crippen LogP contribution in [0.25, 0.3) is 11.1 Å². The Bertz CT molecular complexity index is 1060. The van der Waals surface area contributed by atoms with Crippen LogP contribution < -0.4 is 5.73 Å². The molecule has 8 heteroatoms. The van der Waals surface area contributed by atoms with E-state index < -0.39 is 5.41 Å². The molecule has 1 aliphatic rings. The lowest BCUT2D eigenvalue weighted by Gasteiger charge is -2.31. The van der Waals surface area contributed by atoms with Crippen molar-refractivity contribution in [3.63, 3.8) is 0 Å². The smallest absolute Gasteiger partial charge is 0.249 e. The van der Waals surface area contributed by atoms with Gasteiger partial charge in [0, 0.05) is 31.4 Å². The van der Waals surface area contributed by atoms with E-state index in [9.17, 15) is 4.79 Å². The number of carbonyl (C=O) groups excluding carboxylic acids is 1. The SMILES string of the molecule is CC(C)C(C)(c1ccc(-c2cnc(N)nc2)cc1)c1noc(C2CCCC(=O)N2C)n1. The highest BCUT2D eigenvalue weighted by Crippen LogP contribution is 2.39. The summed E-state index contributed by atoms with van der Waals surface area (Å²) in [6.45, 7) is 6.42. The molecule has 31 heavy (non-hydrogen) atoms. The van der Waals surface area contributed by atoms with E-state index in [0.717, 1.165) is 29.5 Å². The molecule has 2 atom stereocenters. The Balaban J connectivity index is 1.66. The Labute approximate surface area is 181 Å². The fraction of sp³-hybridized carbons (Fsp3) is 0.435. The van der Waals surface area contributed by atoms with Crippen LogP contribution in [0.4, 0.5) is 5.95 Å². The Morgan fingerprint density at radius 2 is 1.84 bits per heavy atom. The zero-order valence-electron chi connectivity index (χ0n) is 18.4. The average molecular weight is 421 g/mol. The van der Waals surface area contributed by atoms with Crippen LogP contribution in [-0.2, 0) is 10.2 Å². The molecule has 1 aromatic carbocycles. The number of carbonyl (C=O) groups is 1. The highest BCUT2D eigenvalue weighted by atomic mass is 16.5. The average Bonchev–Trinajstić information content (AvgIpc) is 3.26. The molecule has 162 valence electrons. The number of amides is 1. The third-order valence-corrected chi connectivity index (χ3v) is 6.56. The Morgan fingerprint density at radius 1 is 1.16 bits per heavy atom. The lowest BCUT2D eigenvalue weighted by atomic mass is 9.72. The predicted molar refractivity (Wildman–Crippen MR) is 117 cm³/mol. The van der Waals surface area contributed by atoms with Crippen molar-refractivity contribution >= 4 is 11.9 Å². The van der Waals surface area contributed by atoms with Gasteiger partial charge in [0.25, 0.3) is 0 Å². The third kappa shape index (κ3) is 3.78. The third-order valence-electron chi connectivity index (χ3n) is 6.56. The van der Waals surface area contributed by atoms with Crippen molar-refractivity contribution in [1.82, 2.24) is 25.0 Å². The molecule has 0 saturated carbocycles. The van der Waals surface area contributed by atoms with Crippen LogP contribution in [0.15, 0.2) is 41.2 Å². The van der Waals surface area contributed by atoms with Gasteiger partial charge in [-0.05, 0) is 36.8 Å². The number of piperidine rings is 1. The maximum absolute atomic E-state index is 12.1. The molecule has 1 fully saturated rings. The second-order valence-corrected chi connectivity index (χ2v) is 8.63. The standard InChI is InChI=1S/C23H28N6O2/c1-14(2)23(3,17-10-8-15(9-11-17)16-12-25-22(24)26-13-16)21-27-20(31-28-21)18-6-5-7-19(30)29(18)4/h8-14,18H,5-7H2,1-4H3,(H2,24,25,26).